The number of benzene rings is 1. The van der Waals surface area contributed by atoms with Crippen LogP contribution in [0.4, 0.5) is 0 Å². The lowest BCUT2D eigenvalue weighted by Gasteiger charge is -1.92. The maximum atomic E-state index is 10.0. The number of aliphatic carboxylic acids is 2. The molecule has 1 aromatic rings. The highest BCUT2D eigenvalue weighted by molar-refractivity contribution is 5.79. The summed E-state index contributed by atoms with van der Waals surface area (Å²) in [6.07, 6.45) is 2.55. The Hall–Kier alpha value is -2.99. The van der Waals surface area contributed by atoms with Crippen LogP contribution in [0.3, 0.4) is 0 Å². The SMILES string of the molecule is O=C(O)CON=Cc1ccccc1.O=C=NCC(=O)O. The molecule has 0 aliphatic heterocycles. The Bertz CT molecular complexity index is 494. The van der Waals surface area contributed by atoms with E-state index >= 15 is 0 Å². The number of aliphatic imine (C=N–C) groups is 1. The molecule has 0 atom stereocenters. The van der Waals surface area contributed by atoms with Crippen LogP contribution in [-0.2, 0) is 19.2 Å². The average molecular weight is 280 g/mol. The molecular weight excluding hydrogens is 268 g/mol. The fourth-order valence-electron chi connectivity index (χ4n) is 0.830. The third kappa shape index (κ3) is 11.5. The first-order valence-electron chi connectivity index (χ1n) is 5.24. The van der Waals surface area contributed by atoms with Crippen LogP contribution in [0.1, 0.15) is 5.56 Å². The van der Waals surface area contributed by atoms with Crippen LogP contribution in [0, 0.1) is 0 Å². The van der Waals surface area contributed by atoms with Crippen LogP contribution in [0.15, 0.2) is 40.5 Å². The van der Waals surface area contributed by atoms with Gasteiger partial charge in [-0.15, -0.1) is 0 Å². The second-order valence-electron chi connectivity index (χ2n) is 3.11. The molecule has 0 fully saturated rings. The van der Waals surface area contributed by atoms with Crippen LogP contribution in [0.5, 0.6) is 0 Å². The van der Waals surface area contributed by atoms with E-state index in [-0.39, 0.29) is 0 Å². The minimum absolute atomic E-state index is 0.413. The van der Waals surface area contributed by atoms with Crippen molar-refractivity contribution in [3.8, 4) is 0 Å². The average Bonchev–Trinajstić information content (AvgIpc) is 2.43. The molecule has 0 aliphatic carbocycles. The fraction of sp³-hybridized carbons (Fsp3) is 0.167. The number of rotatable bonds is 6. The summed E-state index contributed by atoms with van der Waals surface area (Å²) in [5.74, 6) is -2.16. The molecule has 1 rings (SSSR count). The summed E-state index contributed by atoms with van der Waals surface area (Å²) < 4.78 is 0. The van der Waals surface area contributed by atoms with E-state index in [2.05, 4.69) is 15.0 Å². The van der Waals surface area contributed by atoms with E-state index < -0.39 is 25.1 Å². The van der Waals surface area contributed by atoms with Gasteiger partial charge in [0.1, 0.15) is 6.54 Å². The van der Waals surface area contributed by atoms with E-state index in [9.17, 15) is 9.59 Å². The number of carboxylic acids is 2. The maximum absolute atomic E-state index is 10.0. The molecule has 8 heteroatoms. The summed E-state index contributed by atoms with van der Waals surface area (Å²) >= 11 is 0. The standard InChI is InChI=1S/C9H9NO3.C3H3NO3/c11-9(12)7-13-10-6-8-4-2-1-3-5-8;5-2-4-1-3(6)7/h1-6H,7H2,(H,11,12);1H2,(H,6,7). The van der Waals surface area contributed by atoms with Gasteiger partial charge in [-0.2, -0.15) is 4.99 Å². The molecule has 20 heavy (non-hydrogen) atoms. The van der Waals surface area contributed by atoms with E-state index in [1.165, 1.54) is 6.21 Å². The van der Waals surface area contributed by atoms with Crippen molar-refractivity contribution >= 4 is 24.2 Å². The molecule has 0 heterocycles. The normalized spacial score (nSPS) is 9.00. The van der Waals surface area contributed by atoms with Crippen LogP contribution in [0.25, 0.3) is 0 Å². The Morgan fingerprint density at radius 1 is 1.20 bits per heavy atom. The van der Waals surface area contributed by atoms with Gasteiger partial charge in [-0.3, -0.25) is 4.79 Å². The lowest BCUT2D eigenvalue weighted by atomic mass is 10.2. The lowest BCUT2D eigenvalue weighted by molar-refractivity contribution is -0.142. The Labute approximate surface area is 114 Å². The van der Waals surface area contributed by atoms with E-state index in [1.807, 2.05) is 30.3 Å². The van der Waals surface area contributed by atoms with Crippen LogP contribution >= 0.6 is 0 Å². The van der Waals surface area contributed by atoms with Crippen molar-refractivity contribution in [2.75, 3.05) is 13.2 Å². The molecule has 106 valence electrons. The maximum Gasteiger partial charge on any atom is 0.344 e. The number of hydrogen-bond donors (Lipinski definition) is 2. The van der Waals surface area contributed by atoms with E-state index in [4.69, 9.17) is 15.0 Å². The summed E-state index contributed by atoms with van der Waals surface area (Å²) in [6, 6.07) is 9.29. The number of carbonyl (C=O) groups excluding carboxylic acids is 1. The highest BCUT2D eigenvalue weighted by atomic mass is 16.6. The molecule has 2 N–H and O–H groups in total. The minimum Gasteiger partial charge on any atom is -0.480 e. The summed E-state index contributed by atoms with van der Waals surface area (Å²) in [7, 11) is 0. The smallest absolute Gasteiger partial charge is 0.344 e. The number of hydrogen-bond acceptors (Lipinski definition) is 6. The highest BCUT2D eigenvalue weighted by Crippen LogP contribution is 1.93. The van der Waals surface area contributed by atoms with Crippen molar-refractivity contribution in [1.82, 2.24) is 0 Å². The summed E-state index contributed by atoms with van der Waals surface area (Å²) in [6.45, 7) is -0.896. The molecular formula is C12H12N2O6. The summed E-state index contributed by atoms with van der Waals surface area (Å²) in [5.41, 5.74) is 0.868. The molecule has 0 unspecified atom stereocenters. The molecule has 0 bridgehead atoms. The summed E-state index contributed by atoms with van der Waals surface area (Å²) in [5, 5.41) is 19.5. The zero-order valence-corrected chi connectivity index (χ0v) is 10.3. The molecule has 0 radical (unpaired) electrons. The topological polar surface area (TPSA) is 126 Å². The van der Waals surface area contributed by atoms with Gasteiger partial charge in [0.2, 0.25) is 12.7 Å². The van der Waals surface area contributed by atoms with Gasteiger partial charge in [0, 0.05) is 0 Å². The van der Waals surface area contributed by atoms with Crippen molar-refractivity contribution in [1.29, 1.82) is 0 Å². The van der Waals surface area contributed by atoms with Gasteiger partial charge < -0.3 is 15.1 Å². The highest BCUT2D eigenvalue weighted by Gasteiger charge is 1.92. The van der Waals surface area contributed by atoms with Crippen molar-refractivity contribution in [3.05, 3.63) is 35.9 Å². The molecule has 0 spiro atoms. The Morgan fingerprint density at radius 3 is 2.30 bits per heavy atom. The second-order valence-corrected chi connectivity index (χ2v) is 3.11. The van der Waals surface area contributed by atoms with Gasteiger partial charge in [0.05, 0.1) is 6.21 Å². The van der Waals surface area contributed by atoms with Crippen LogP contribution < -0.4 is 0 Å². The number of carbonyl (C=O) groups is 2. The Morgan fingerprint density at radius 2 is 1.85 bits per heavy atom. The first-order valence-corrected chi connectivity index (χ1v) is 5.24. The van der Waals surface area contributed by atoms with Gasteiger partial charge in [0.15, 0.2) is 0 Å². The van der Waals surface area contributed by atoms with Crippen molar-refractivity contribution < 1.29 is 29.4 Å². The lowest BCUT2D eigenvalue weighted by Crippen LogP contribution is -2.03. The van der Waals surface area contributed by atoms with E-state index in [1.54, 1.807) is 0 Å². The molecule has 0 amide bonds. The quantitative estimate of drug-likeness (QED) is 0.444. The van der Waals surface area contributed by atoms with Gasteiger partial charge in [-0.05, 0) is 5.56 Å². The first-order chi connectivity index (χ1) is 9.56. The van der Waals surface area contributed by atoms with Gasteiger partial charge in [0.25, 0.3) is 0 Å². The van der Waals surface area contributed by atoms with Crippen LogP contribution in [0.2, 0.25) is 0 Å². The third-order valence-electron chi connectivity index (χ3n) is 1.54. The molecule has 0 aromatic heterocycles. The molecule has 0 aliphatic rings. The first kappa shape index (κ1) is 17.0. The zero-order valence-electron chi connectivity index (χ0n) is 10.3. The molecule has 1 aromatic carbocycles. The van der Waals surface area contributed by atoms with Gasteiger partial charge in [-0.1, -0.05) is 35.5 Å². The van der Waals surface area contributed by atoms with Gasteiger partial charge >= 0.3 is 11.9 Å². The predicted molar refractivity (Wildman–Crippen MR) is 68.2 cm³/mol. The van der Waals surface area contributed by atoms with Gasteiger partial charge in [-0.25, -0.2) is 9.59 Å². The van der Waals surface area contributed by atoms with Crippen molar-refractivity contribution in [2.45, 2.75) is 0 Å². The largest absolute Gasteiger partial charge is 0.480 e. The van der Waals surface area contributed by atoms with E-state index in [0.29, 0.717) is 0 Å². The zero-order chi connectivity index (χ0) is 15.2. The number of oxime groups is 1. The summed E-state index contributed by atoms with van der Waals surface area (Å²) in [4.78, 5) is 35.9. The van der Waals surface area contributed by atoms with E-state index in [0.717, 1.165) is 11.6 Å². The number of carboxylic acid groups (broad SMARTS) is 2. The van der Waals surface area contributed by atoms with Crippen molar-refractivity contribution in [2.24, 2.45) is 10.1 Å². The number of nitrogens with zero attached hydrogens (tertiary/aromatic N) is 2. The predicted octanol–water partition coefficient (Wildman–Crippen LogP) is 0.529. The third-order valence-corrected chi connectivity index (χ3v) is 1.54. The molecule has 8 nitrogen and oxygen atoms in total. The number of isocyanates is 1. The monoisotopic (exact) mass is 280 g/mol. The Balaban J connectivity index is 0.000000441. The molecule has 0 saturated carbocycles. The Kier molecular flexibility index (Phi) is 9.46. The molecule has 0 saturated heterocycles. The van der Waals surface area contributed by atoms with Crippen LogP contribution in [-0.4, -0.2) is 47.6 Å². The van der Waals surface area contributed by atoms with Crippen molar-refractivity contribution in [3.63, 3.8) is 0 Å². The fourth-order valence-corrected chi connectivity index (χ4v) is 0.830. The minimum atomic E-state index is -1.12. The second kappa shape index (κ2) is 11.1.